The molecule has 1 heterocycles. The van der Waals surface area contributed by atoms with Crippen LogP contribution in [0.5, 0.6) is 0 Å². The van der Waals surface area contributed by atoms with Crippen LogP contribution in [-0.4, -0.2) is 4.57 Å². The van der Waals surface area contributed by atoms with E-state index in [9.17, 15) is 0 Å². The van der Waals surface area contributed by atoms with Crippen molar-refractivity contribution in [2.75, 3.05) is 0 Å². The third-order valence-corrected chi connectivity index (χ3v) is 2.93. The summed E-state index contributed by atoms with van der Waals surface area (Å²) in [5.74, 6) is 1.31. The van der Waals surface area contributed by atoms with Crippen molar-refractivity contribution in [3.8, 4) is 0 Å². The SMILES string of the molecule is Cc1c(C)[n+](C)c(CBr)n1C. The minimum atomic E-state index is 0.911. The third-order valence-electron chi connectivity index (χ3n) is 2.42. The molecule has 0 aliphatic carbocycles. The quantitative estimate of drug-likeness (QED) is 0.497. The molecule has 0 atom stereocenters. The maximum atomic E-state index is 3.46. The molecule has 0 aliphatic heterocycles. The number of hydrogen-bond donors (Lipinski definition) is 0. The van der Waals surface area contributed by atoms with Crippen LogP contribution in [0, 0.1) is 13.8 Å². The summed E-state index contributed by atoms with van der Waals surface area (Å²) in [6.07, 6.45) is 0. The Hall–Kier alpha value is -0.310. The molecule has 0 saturated heterocycles. The van der Waals surface area contributed by atoms with Gasteiger partial charge in [-0.2, -0.15) is 0 Å². The topological polar surface area (TPSA) is 8.81 Å². The van der Waals surface area contributed by atoms with Gasteiger partial charge in [-0.25, -0.2) is 9.13 Å². The van der Waals surface area contributed by atoms with E-state index in [0.29, 0.717) is 0 Å². The highest BCUT2D eigenvalue weighted by Crippen LogP contribution is 2.07. The minimum absolute atomic E-state index is 0.911. The van der Waals surface area contributed by atoms with Crippen molar-refractivity contribution >= 4 is 15.9 Å². The molecule has 0 radical (unpaired) electrons. The molecule has 0 amide bonds. The molecule has 0 unspecified atom stereocenters. The van der Waals surface area contributed by atoms with Crippen LogP contribution in [0.4, 0.5) is 0 Å². The lowest BCUT2D eigenvalue weighted by Gasteiger charge is -1.91. The summed E-state index contributed by atoms with van der Waals surface area (Å²) in [4.78, 5) is 0. The number of alkyl halides is 1. The van der Waals surface area contributed by atoms with Gasteiger partial charge in [-0.05, 0) is 0 Å². The Labute approximate surface area is 76.0 Å². The van der Waals surface area contributed by atoms with Gasteiger partial charge in [0.15, 0.2) is 0 Å². The van der Waals surface area contributed by atoms with E-state index in [1.54, 1.807) is 0 Å². The van der Waals surface area contributed by atoms with Gasteiger partial charge < -0.3 is 0 Å². The van der Waals surface area contributed by atoms with E-state index in [1.807, 2.05) is 0 Å². The van der Waals surface area contributed by atoms with E-state index in [4.69, 9.17) is 0 Å². The van der Waals surface area contributed by atoms with Crippen molar-refractivity contribution in [2.24, 2.45) is 14.1 Å². The van der Waals surface area contributed by atoms with E-state index in [-0.39, 0.29) is 0 Å². The summed E-state index contributed by atoms with van der Waals surface area (Å²) < 4.78 is 4.42. The zero-order valence-corrected chi connectivity index (χ0v) is 9.07. The highest BCUT2D eigenvalue weighted by atomic mass is 79.9. The summed E-state index contributed by atoms with van der Waals surface area (Å²) >= 11 is 3.46. The third kappa shape index (κ3) is 1.22. The van der Waals surface area contributed by atoms with Gasteiger partial charge in [-0.1, -0.05) is 15.9 Å². The fraction of sp³-hybridized carbons (Fsp3) is 0.625. The van der Waals surface area contributed by atoms with Crippen LogP contribution in [0.3, 0.4) is 0 Å². The highest BCUT2D eigenvalue weighted by molar-refractivity contribution is 9.08. The largest absolute Gasteiger partial charge is 0.267 e. The average Bonchev–Trinajstić information content (AvgIpc) is 2.17. The first-order valence-corrected chi connectivity index (χ1v) is 4.78. The standard InChI is InChI=1S/C8H14BrN2/c1-6-7(2)11(4)8(5-9)10(6)3/h5H2,1-4H3/q+1. The lowest BCUT2D eigenvalue weighted by Crippen LogP contribution is -2.34. The molecule has 0 fully saturated rings. The van der Waals surface area contributed by atoms with E-state index in [0.717, 1.165) is 5.33 Å². The van der Waals surface area contributed by atoms with Crippen LogP contribution in [0.15, 0.2) is 0 Å². The zero-order valence-electron chi connectivity index (χ0n) is 7.48. The van der Waals surface area contributed by atoms with E-state index in [1.165, 1.54) is 17.2 Å². The lowest BCUT2D eigenvalue weighted by molar-refractivity contribution is -0.683. The van der Waals surface area contributed by atoms with E-state index >= 15 is 0 Å². The molecular formula is C8H14BrN2+. The van der Waals surface area contributed by atoms with E-state index in [2.05, 4.69) is 53.0 Å². The normalized spacial score (nSPS) is 10.6. The fourth-order valence-electron chi connectivity index (χ4n) is 1.28. The number of halogens is 1. The first kappa shape index (κ1) is 8.78. The van der Waals surface area contributed by atoms with Gasteiger partial charge in [0.25, 0.3) is 5.82 Å². The van der Waals surface area contributed by atoms with Crippen LogP contribution in [0.25, 0.3) is 0 Å². The number of nitrogens with zero attached hydrogens (tertiary/aromatic N) is 2. The molecule has 0 aliphatic rings. The number of rotatable bonds is 1. The molecule has 0 N–H and O–H groups in total. The Balaban J connectivity index is 3.36. The summed E-state index contributed by atoms with van der Waals surface area (Å²) in [7, 11) is 4.19. The summed E-state index contributed by atoms with van der Waals surface area (Å²) in [5, 5.41) is 0.911. The molecule has 0 aromatic carbocycles. The van der Waals surface area contributed by atoms with Gasteiger partial charge in [0.05, 0.1) is 14.1 Å². The molecule has 62 valence electrons. The Morgan fingerprint density at radius 2 is 2.00 bits per heavy atom. The first-order chi connectivity index (χ1) is 5.09. The first-order valence-electron chi connectivity index (χ1n) is 3.66. The number of aromatic nitrogens is 2. The van der Waals surface area contributed by atoms with Crippen LogP contribution >= 0.6 is 15.9 Å². The zero-order chi connectivity index (χ0) is 8.59. The van der Waals surface area contributed by atoms with Gasteiger partial charge in [0.1, 0.15) is 16.7 Å². The van der Waals surface area contributed by atoms with Crippen LogP contribution in [-0.2, 0) is 19.4 Å². The Morgan fingerprint density at radius 1 is 1.45 bits per heavy atom. The van der Waals surface area contributed by atoms with Crippen molar-refractivity contribution in [3.05, 3.63) is 17.2 Å². The molecular weight excluding hydrogens is 204 g/mol. The summed E-state index contributed by atoms with van der Waals surface area (Å²) in [5.41, 5.74) is 2.67. The van der Waals surface area contributed by atoms with Gasteiger partial charge >= 0.3 is 0 Å². The molecule has 2 nitrogen and oxygen atoms in total. The van der Waals surface area contributed by atoms with Gasteiger partial charge in [-0.3, -0.25) is 0 Å². The maximum absolute atomic E-state index is 3.46. The minimum Gasteiger partial charge on any atom is -0.233 e. The summed E-state index contributed by atoms with van der Waals surface area (Å²) in [6.45, 7) is 4.28. The monoisotopic (exact) mass is 217 g/mol. The Morgan fingerprint density at radius 3 is 2.18 bits per heavy atom. The van der Waals surface area contributed by atoms with Crippen molar-refractivity contribution in [2.45, 2.75) is 19.2 Å². The molecule has 0 saturated carbocycles. The Bertz CT molecular complexity index is 251. The van der Waals surface area contributed by atoms with E-state index < -0.39 is 0 Å². The smallest absolute Gasteiger partial charge is 0.233 e. The second-order valence-corrected chi connectivity index (χ2v) is 3.40. The molecule has 0 spiro atoms. The number of hydrogen-bond acceptors (Lipinski definition) is 0. The second kappa shape index (κ2) is 2.97. The second-order valence-electron chi connectivity index (χ2n) is 2.84. The van der Waals surface area contributed by atoms with Crippen molar-refractivity contribution in [1.29, 1.82) is 0 Å². The van der Waals surface area contributed by atoms with Gasteiger partial charge in [-0.15, -0.1) is 0 Å². The summed E-state index contributed by atoms with van der Waals surface area (Å²) in [6, 6.07) is 0. The highest BCUT2D eigenvalue weighted by Gasteiger charge is 2.18. The van der Waals surface area contributed by atoms with Crippen LogP contribution in [0.2, 0.25) is 0 Å². The molecule has 11 heavy (non-hydrogen) atoms. The van der Waals surface area contributed by atoms with Gasteiger partial charge in [0.2, 0.25) is 0 Å². The van der Waals surface area contributed by atoms with Crippen molar-refractivity contribution < 1.29 is 4.57 Å². The van der Waals surface area contributed by atoms with Crippen molar-refractivity contribution in [1.82, 2.24) is 4.57 Å². The van der Waals surface area contributed by atoms with Crippen LogP contribution < -0.4 is 4.57 Å². The molecule has 1 rings (SSSR count). The molecule has 1 aromatic rings. The molecule has 0 bridgehead atoms. The fourth-order valence-corrected chi connectivity index (χ4v) is 2.03. The predicted octanol–water partition coefficient (Wildman–Crippen LogP) is 1.36. The lowest BCUT2D eigenvalue weighted by atomic mass is 10.4. The van der Waals surface area contributed by atoms with Gasteiger partial charge in [0, 0.05) is 13.8 Å². The predicted molar refractivity (Wildman–Crippen MR) is 48.7 cm³/mol. The molecule has 1 aromatic heterocycles. The number of imidazole rings is 1. The maximum Gasteiger partial charge on any atom is 0.267 e. The van der Waals surface area contributed by atoms with Crippen LogP contribution in [0.1, 0.15) is 17.2 Å². The Kier molecular flexibility index (Phi) is 2.37. The molecule has 3 heteroatoms. The van der Waals surface area contributed by atoms with Crippen molar-refractivity contribution in [3.63, 3.8) is 0 Å². The average molecular weight is 218 g/mol.